The molecule has 1 spiro atoms. The van der Waals surface area contributed by atoms with E-state index in [0.29, 0.717) is 19.9 Å². The molecule has 2 fully saturated rings. The highest BCUT2D eigenvalue weighted by Gasteiger charge is 2.53. The van der Waals surface area contributed by atoms with Gasteiger partial charge in [0, 0.05) is 21.2 Å². The van der Waals surface area contributed by atoms with Gasteiger partial charge in [0.25, 0.3) is 0 Å². The smallest absolute Gasteiger partial charge is 0.322 e. The average Bonchev–Trinajstić information content (AvgIpc) is 2.96. The number of ether oxygens (including phenoxy) is 1. The van der Waals surface area contributed by atoms with Gasteiger partial charge >= 0.3 is 6.03 Å². The molecule has 1 saturated heterocycles. The third-order valence-electron chi connectivity index (χ3n) is 7.39. The molecule has 0 aromatic heterocycles. The maximum atomic E-state index is 13.2. The first-order valence-corrected chi connectivity index (χ1v) is 15.5. The number of amides is 2. The Kier molecular flexibility index (Phi) is 7.31. The molecule has 0 bridgehead atoms. The van der Waals surface area contributed by atoms with Gasteiger partial charge in [0.2, 0.25) is 0 Å². The Hall–Kier alpha value is -1.66. The molecule has 1 heterocycles. The lowest BCUT2D eigenvalue weighted by Gasteiger charge is -2.48. The fourth-order valence-corrected chi connectivity index (χ4v) is 6.02. The zero-order valence-corrected chi connectivity index (χ0v) is 21.1. The van der Waals surface area contributed by atoms with Gasteiger partial charge in [-0.25, -0.2) is 4.79 Å². The van der Waals surface area contributed by atoms with Gasteiger partial charge in [0.15, 0.2) is 0 Å². The second-order valence-corrected chi connectivity index (χ2v) is 16.5. The van der Waals surface area contributed by atoms with Crippen molar-refractivity contribution in [2.45, 2.75) is 82.6 Å². The number of nitrogens with zero attached hydrogens (tertiary/aromatic N) is 2. The Balaban J connectivity index is 1.76. The zero-order chi connectivity index (χ0) is 22.7. The van der Waals surface area contributed by atoms with Crippen LogP contribution in [0.25, 0.3) is 0 Å². The predicted octanol–water partition coefficient (Wildman–Crippen LogP) is 5.29. The van der Waals surface area contributed by atoms with Gasteiger partial charge in [0.05, 0.1) is 12.1 Å². The first-order valence-electron chi connectivity index (χ1n) is 11.8. The van der Waals surface area contributed by atoms with Gasteiger partial charge < -0.3 is 9.64 Å². The molecule has 1 aromatic carbocycles. The van der Waals surface area contributed by atoms with E-state index < -0.39 is 8.07 Å². The van der Waals surface area contributed by atoms with Crippen LogP contribution in [0.4, 0.5) is 4.79 Å². The number of hydrogen-bond acceptors (Lipinski definition) is 3. The van der Waals surface area contributed by atoms with Crippen LogP contribution in [0.3, 0.4) is 0 Å². The molecule has 0 N–H and O–H groups in total. The minimum Gasteiger partial charge on any atom is -0.361 e. The number of benzene rings is 1. The average molecular weight is 445 g/mol. The number of carbonyl (C=O) groups is 2. The summed E-state index contributed by atoms with van der Waals surface area (Å²) in [6.07, 6.45) is 5.12. The highest BCUT2D eigenvalue weighted by atomic mass is 28.3. The van der Waals surface area contributed by atoms with Gasteiger partial charge in [-0.2, -0.15) is 0 Å². The Morgan fingerprint density at radius 2 is 1.74 bits per heavy atom. The second kappa shape index (κ2) is 9.45. The molecular formula is C25H40N2O3Si. The van der Waals surface area contributed by atoms with E-state index in [0.717, 1.165) is 38.1 Å². The van der Waals surface area contributed by atoms with Gasteiger partial charge in [-0.05, 0) is 56.1 Å². The summed E-state index contributed by atoms with van der Waals surface area (Å²) < 4.78 is 6.04. The molecule has 0 unspecified atom stereocenters. The Morgan fingerprint density at radius 3 is 2.29 bits per heavy atom. The minimum atomic E-state index is -1.18. The van der Waals surface area contributed by atoms with E-state index in [1.807, 2.05) is 4.90 Å². The van der Waals surface area contributed by atoms with E-state index in [2.05, 4.69) is 56.9 Å². The zero-order valence-electron chi connectivity index (χ0n) is 20.1. The van der Waals surface area contributed by atoms with Crippen LogP contribution in [0.15, 0.2) is 30.3 Å². The van der Waals surface area contributed by atoms with Crippen molar-refractivity contribution >= 4 is 19.9 Å². The summed E-state index contributed by atoms with van der Waals surface area (Å²) >= 11 is 0. The van der Waals surface area contributed by atoms with Crippen LogP contribution >= 0.6 is 0 Å². The normalized spacial score (nSPS) is 26.7. The molecule has 5 nitrogen and oxygen atoms in total. The van der Waals surface area contributed by atoms with Crippen molar-refractivity contribution < 1.29 is 14.3 Å². The molecule has 3 rings (SSSR count). The Labute approximate surface area is 189 Å². The van der Waals surface area contributed by atoms with Crippen LogP contribution in [0.2, 0.25) is 25.7 Å². The molecule has 0 atom stereocenters. The number of hydrogen-bond donors (Lipinski definition) is 0. The maximum absolute atomic E-state index is 13.2. The van der Waals surface area contributed by atoms with Gasteiger partial charge in [-0.1, -0.05) is 56.9 Å². The highest BCUT2D eigenvalue weighted by molar-refractivity contribution is 6.76. The van der Waals surface area contributed by atoms with Crippen molar-refractivity contribution in [3.05, 3.63) is 35.9 Å². The molecule has 31 heavy (non-hydrogen) atoms. The van der Waals surface area contributed by atoms with Crippen LogP contribution in [-0.2, 0) is 14.9 Å². The number of rotatable bonds is 9. The lowest BCUT2D eigenvalue weighted by molar-refractivity contribution is -0.117. The van der Waals surface area contributed by atoms with Gasteiger partial charge in [0.1, 0.15) is 12.5 Å². The molecule has 1 saturated carbocycles. The highest BCUT2D eigenvalue weighted by Crippen LogP contribution is 2.49. The summed E-state index contributed by atoms with van der Waals surface area (Å²) in [5.41, 5.74) is 1.36. The number of carbonyl (C=O) groups excluding carboxylic acids is 2. The molecule has 2 aliphatic rings. The van der Waals surface area contributed by atoms with Crippen LogP contribution in [0.1, 0.15) is 51.5 Å². The van der Waals surface area contributed by atoms with Crippen LogP contribution in [-0.4, -0.2) is 61.7 Å². The monoisotopic (exact) mass is 444 g/mol. The third kappa shape index (κ3) is 5.40. The fraction of sp³-hybridized carbons (Fsp3) is 0.680. The van der Waals surface area contributed by atoms with E-state index in [-0.39, 0.29) is 29.3 Å². The summed E-state index contributed by atoms with van der Waals surface area (Å²) in [5.74, 6) is 0.0352. The van der Waals surface area contributed by atoms with Crippen molar-refractivity contribution in [3.63, 3.8) is 0 Å². The summed E-state index contributed by atoms with van der Waals surface area (Å²) in [6, 6.07) is 11.9. The van der Waals surface area contributed by atoms with Crippen LogP contribution in [0, 0.1) is 0 Å². The fourth-order valence-electron chi connectivity index (χ4n) is 5.26. The Morgan fingerprint density at radius 1 is 1.10 bits per heavy atom. The van der Waals surface area contributed by atoms with E-state index in [4.69, 9.17) is 4.74 Å². The first-order chi connectivity index (χ1) is 14.6. The molecule has 0 radical (unpaired) electrons. The molecule has 172 valence electrons. The number of ketones is 1. The third-order valence-corrected chi connectivity index (χ3v) is 9.09. The van der Waals surface area contributed by atoms with Crippen molar-refractivity contribution in [1.82, 2.24) is 9.80 Å². The van der Waals surface area contributed by atoms with Crippen molar-refractivity contribution in [2.24, 2.45) is 0 Å². The summed E-state index contributed by atoms with van der Waals surface area (Å²) in [7, 11) is -1.18. The molecular weight excluding hydrogens is 404 g/mol. The molecule has 2 amide bonds. The molecule has 1 aliphatic heterocycles. The van der Waals surface area contributed by atoms with Crippen molar-refractivity contribution in [1.29, 1.82) is 0 Å². The van der Waals surface area contributed by atoms with E-state index in [9.17, 15) is 9.59 Å². The standard InChI is InChI=1S/C25H40N2O3Si/c1-6-24(22-10-8-7-9-11-22)12-14-25(15-13-24)19-26(18-21(2)28)23(29)27(25)20-30-16-17-31(3,4)5/h7-11H,6,12-20H2,1-5H3. The predicted molar refractivity (Wildman–Crippen MR) is 128 cm³/mol. The number of urea groups is 1. The van der Waals surface area contributed by atoms with E-state index in [1.54, 1.807) is 11.8 Å². The van der Waals surface area contributed by atoms with E-state index >= 15 is 0 Å². The molecule has 1 aliphatic carbocycles. The largest absolute Gasteiger partial charge is 0.361 e. The topological polar surface area (TPSA) is 49.9 Å². The molecule has 1 aromatic rings. The van der Waals surface area contributed by atoms with Crippen LogP contribution in [0.5, 0.6) is 0 Å². The van der Waals surface area contributed by atoms with Crippen LogP contribution < -0.4 is 0 Å². The summed E-state index contributed by atoms with van der Waals surface area (Å²) in [4.78, 5) is 28.7. The quantitative estimate of drug-likeness (QED) is 0.384. The van der Waals surface area contributed by atoms with Crippen molar-refractivity contribution in [3.8, 4) is 0 Å². The van der Waals surface area contributed by atoms with E-state index in [1.165, 1.54) is 5.56 Å². The first kappa shape index (κ1) is 24.0. The lowest BCUT2D eigenvalue weighted by Crippen LogP contribution is -2.52. The molecule has 6 heteroatoms. The maximum Gasteiger partial charge on any atom is 0.322 e. The Bertz CT molecular complexity index is 767. The van der Waals surface area contributed by atoms with Crippen molar-refractivity contribution in [2.75, 3.05) is 26.4 Å². The van der Waals surface area contributed by atoms with Gasteiger partial charge in [-0.15, -0.1) is 0 Å². The lowest BCUT2D eigenvalue weighted by atomic mass is 9.63. The number of Topliss-reactive ketones (excluding diaryl/α,β-unsaturated/α-hetero) is 1. The second-order valence-electron chi connectivity index (χ2n) is 10.8. The van der Waals surface area contributed by atoms with Gasteiger partial charge in [-0.3, -0.25) is 9.69 Å². The SMILES string of the molecule is CCC1(c2ccccc2)CCC2(CC1)CN(CC(C)=O)C(=O)N2COCC[Si](C)(C)C. The minimum absolute atomic E-state index is 0.0352. The summed E-state index contributed by atoms with van der Waals surface area (Å²) in [5, 5.41) is 0. The summed E-state index contributed by atoms with van der Waals surface area (Å²) in [6.45, 7) is 12.7.